The fourth-order valence-corrected chi connectivity index (χ4v) is 3.39. The van der Waals surface area contributed by atoms with Gasteiger partial charge in [-0.3, -0.25) is 4.18 Å². The second kappa shape index (κ2) is 4.17. The fourth-order valence-electron chi connectivity index (χ4n) is 2.16. The van der Waals surface area contributed by atoms with E-state index >= 15 is 0 Å². The molecule has 1 aromatic rings. The summed E-state index contributed by atoms with van der Waals surface area (Å²) in [6.07, 6.45) is 0. The van der Waals surface area contributed by atoms with E-state index in [1.54, 1.807) is 0 Å². The lowest BCUT2D eigenvalue weighted by molar-refractivity contribution is 0.355. The Morgan fingerprint density at radius 1 is 1.06 bits per heavy atom. The summed E-state index contributed by atoms with van der Waals surface area (Å²) in [5.41, 5.74) is 3.61. The first-order chi connectivity index (χ1) is 8.10. The Morgan fingerprint density at radius 2 is 1.67 bits per heavy atom. The van der Waals surface area contributed by atoms with Crippen LogP contribution in [0.4, 0.5) is 0 Å². The van der Waals surface area contributed by atoms with Gasteiger partial charge in [-0.05, 0) is 27.5 Å². The predicted octanol–water partition coefficient (Wildman–Crippen LogP) is 3.83. The summed E-state index contributed by atoms with van der Waals surface area (Å²) < 4.78 is 17.3. The third-order valence-corrected chi connectivity index (χ3v) is 4.48. The summed E-state index contributed by atoms with van der Waals surface area (Å²) >= 11 is -1.29. The van der Waals surface area contributed by atoms with E-state index in [9.17, 15) is 4.21 Å². The van der Waals surface area contributed by atoms with E-state index in [1.807, 2.05) is 0 Å². The van der Waals surface area contributed by atoms with Crippen molar-refractivity contribution in [3.8, 4) is 0 Å². The van der Waals surface area contributed by atoms with Crippen LogP contribution in [0.5, 0.6) is 0 Å². The first-order valence-electron chi connectivity index (χ1n) is 6.33. The molecule has 1 aliphatic heterocycles. The zero-order chi connectivity index (χ0) is 13.7. The largest absolute Gasteiger partial charge is 0.282 e. The van der Waals surface area contributed by atoms with Crippen molar-refractivity contribution in [1.29, 1.82) is 0 Å². The molecule has 0 aliphatic carbocycles. The molecule has 0 spiro atoms. The summed E-state index contributed by atoms with van der Waals surface area (Å²) in [7, 11) is 0. The maximum atomic E-state index is 12.0. The lowest BCUT2D eigenvalue weighted by Crippen LogP contribution is -2.18. The van der Waals surface area contributed by atoms with E-state index < -0.39 is 11.1 Å². The van der Waals surface area contributed by atoms with Crippen LogP contribution in [0.25, 0.3) is 0 Å². The molecule has 0 unspecified atom stereocenters. The van der Waals surface area contributed by atoms with Crippen molar-refractivity contribution in [1.82, 2.24) is 0 Å². The highest BCUT2D eigenvalue weighted by Crippen LogP contribution is 2.38. The van der Waals surface area contributed by atoms with E-state index in [1.165, 1.54) is 5.56 Å². The topological polar surface area (TPSA) is 26.3 Å². The van der Waals surface area contributed by atoms with Crippen LogP contribution in [-0.4, -0.2) is 4.21 Å². The monoisotopic (exact) mass is 266 g/mol. The second-order valence-corrected chi connectivity index (χ2v) is 8.12. The molecule has 1 heterocycles. The van der Waals surface area contributed by atoms with Gasteiger partial charge in [-0.2, -0.15) is 0 Å². The van der Waals surface area contributed by atoms with Gasteiger partial charge in [0.15, 0.2) is 11.1 Å². The smallest absolute Gasteiger partial charge is 0.190 e. The predicted molar refractivity (Wildman–Crippen MR) is 75.0 cm³/mol. The standard InChI is InChI=1S/C15H22O2S/c1-14(2,3)11-7-10-9-17-18(16)13(10)12(8-11)15(4,5)6/h7-8H,9H2,1-6H3/t18-/m0/s1. The Labute approximate surface area is 112 Å². The maximum absolute atomic E-state index is 12.0. The zero-order valence-electron chi connectivity index (χ0n) is 12.1. The third-order valence-electron chi connectivity index (χ3n) is 3.33. The number of fused-ring (bicyclic) bond motifs is 1. The van der Waals surface area contributed by atoms with E-state index in [0.29, 0.717) is 6.61 Å². The van der Waals surface area contributed by atoms with Crippen LogP contribution in [0.3, 0.4) is 0 Å². The van der Waals surface area contributed by atoms with Gasteiger partial charge in [-0.25, -0.2) is 4.21 Å². The van der Waals surface area contributed by atoms with Crippen LogP contribution in [0.2, 0.25) is 0 Å². The van der Waals surface area contributed by atoms with Crippen molar-refractivity contribution >= 4 is 11.1 Å². The van der Waals surface area contributed by atoms with Gasteiger partial charge in [0.2, 0.25) is 0 Å². The Bertz CT molecular complexity index is 504. The second-order valence-electron chi connectivity index (χ2n) is 7.01. The molecule has 0 saturated heterocycles. The highest BCUT2D eigenvalue weighted by Gasteiger charge is 2.31. The minimum Gasteiger partial charge on any atom is -0.282 e. The number of hydrogen-bond donors (Lipinski definition) is 0. The molecule has 0 fully saturated rings. The van der Waals surface area contributed by atoms with Gasteiger partial charge in [-0.15, -0.1) is 0 Å². The van der Waals surface area contributed by atoms with Crippen molar-refractivity contribution in [2.24, 2.45) is 0 Å². The Morgan fingerprint density at radius 3 is 2.17 bits per heavy atom. The summed E-state index contributed by atoms with van der Waals surface area (Å²) in [5.74, 6) is 0. The van der Waals surface area contributed by atoms with E-state index in [-0.39, 0.29) is 10.8 Å². The van der Waals surface area contributed by atoms with Crippen LogP contribution in [-0.2, 0) is 32.7 Å². The van der Waals surface area contributed by atoms with E-state index in [4.69, 9.17) is 4.18 Å². The molecule has 100 valence electrons. The number of rotatable bonds is 0. The molecule has 0 amide bonds. The summed E-state index contributed by atoms with van der Waals surface area (Å²) in [5, 5.41) is 0. The molecule has 1 aromatic carbocycles. The zero-order valence-corrected chi connectivity index (χ0v) is 12.9. The highest BCUT2D eigenvalue weighted by atomic mass is 32.2. The van der Waals surface area contributed by atoms with E-state index in [0.717, 1.165) is 16.0 Å². The van der Waals surface area contributed by atoms with Gasteiger partial charge in [0.25, 0.3) is 0 Å². The molecular weight excluding hydrogens is 244 g/mol. The minimum absolute atomic E-state index is 0.0191. The molecular formula is C15H22O2S. The van der Waals surface area contributed by atoms with Crippen LogP contribution in [0.15, 0.2) is 17.0 Å². The molecule has 2 rings (SSSR count). The lowest BCUT2D eigenvalue weighted by atomic mass is 9.79. The SMILES string of the molecule is CC(C)(C)c1cc2c(c(C(C)(C)C)c1)[S@@](=O)OC2. The van der Waals surface area contributed by atoms with Crippen molar-refractivity contribution < 1.29 is 8.39 Å². The number of hydrogen-bond acceptors (Lipinski definition) is 2. The van der Waals surface area contributed by atoms with Gasteiger partial charge in [-0.1, -0.05) is 53.7 Å². The molecule has 1 atom stereocenters. The normalized spacial score (nSPS) is 20.0. The fraction of sp³-hybridized carbons (Fsp3) is 0.600. The quantitative estimate of drug-likeness (QED) is 0.713. The Kier molecular flexibility index (Phi) is 3.19. The molecule has 18 heavy (non-hydrogen) atoms. The van der Waals surface area contributed by atoms with Crippen molar-refractivity contribution in [2.75, 3.05) is 0 Å². The van der Waals surface area contributed by atoms with Gasteiger partial charge >= 0.3 is 0 Å². The summed E-state index contributed by atoms with van der Waals surface area (Å²) in [6, 6.07) is 4.35. The lowest BCUT2D eigenvalue weighted by Gasteiger charge is -2.26. The van der Waals surface area contributed by atoms with Crippen LogP contribution >= 0.6 is 0 Å². The maximum Gasteiger partial charge on any atom is 0.190 e. The van der Waals surface area contributed by atoms with Crippen molar-refractivity contribution in [3.05, 3.63) is 28.8 Å². The summed E-state index contributed by atoms with van der Waals surface area (Å²) in [4.78, 5) is 0.899. The van der Waals surface area contributed by atoms with Crippen LogP contribution < -0.4 is 0 Å². The molecule has 0 saturated carbocycles. The highest BCUT2D eigenvalue weighted by molar-refractivity contribution is 7.80. The molecule has 0 aromatic heterocycles. The van der Waals surface area contributed by atoms with Gasteiger partial charge < -0.3 is 0 Å². The average Bonchev–Trinajstić information content (AvgIpc) is 2.56. The molecule has 1 aliphatic rings. The first-order valence-corrected chi connectivity index (χ1v) is 7.41. The van der Waals surface area contributed by atoms with Crippen molar-refractivity contribution in [2.45, 2.75) is 63.9 Å². The van der Waals surface area contributed by atoms with Crippen LogP contribution in [0.1, 0.15) is 58.2 Å². The first kappa shape index (κ1) is 13.8. The Hall–Kier alpha value is -0.670. The molecule has 0 radical (unpaired) electrons. The van der Waals surface area contributed by atoms with Crippen LogP contribution in [0, 0.1) is 0 Å². The van der Waals surface area contributed by atoms with Gasteiger partial charge in [0.1, 0.15) is 0 Å². The third kappa shape index (κ3) is 2.39. The Balaban J connectivity index is 2.71. The summed E-state index contributed by atoms with van der Waals surface area (Å²) in [6.45, 7) is 13.5. The minimum atomic E-state index is -1.29. The average molecular weight is 266 g/mol. The molecule has 3 heteroatoms. The molecule has 0 N–H and O–H groups in total. The van der Waals surface area contributed by atoms with E-state index in [2.05, 4.69) is 53.7 Å². The number of benzene rings is 1. The van der Waals surface area contributed by atoms with Crippen molar-refractivity contribution in [3.63, 3.8) is 0 Å². The molecule has 0 bridgehead atoms. The van der Waals surface area contributed by atoms with Gasteiger partial charge in [0, 0.05) is 0 Å². The van der Waals surface area contributed by atoms with Gasteiger partial charge in [0.05, 0.1) is 11.5 Å². The molecule has 2 nitrogen and oxygen atoms in total.